The number of anilines is 1. The van der Waals surface area contributed by atoms with Crippen LogP contribution in [0.25, 0.3) is 0 Å². The maximum atomic E-state index is 13.3. The van der Waals surface area contributed by atoms with Crippen molar-refractivity contribution >= 4 is 17.4 Å². The minimum atomic E-state index is -0.700. The van der Waals surface area contributed by atoms with Crippen molar-refractivity contribution in [3.8, 4) is 28.7 Å². The Labute approximate surface area is 208 Å². The summed E-state index contributed by atoms with van der Waals surface area (Å²) >= 11 is 0. The first-order chi connectivity index (χ1) is 17.0. The summed E-state index contributed by atoms with van der Waals surface area (Å²) < 4.78 is 23.0. The number of methoxy groups -OCH3 is 3. The Morgan fingerprint density at radius 3 is 2.11 bits per heavy atom. The second-order valence-corrected chi connectivity index (χ2v) is 8.83. The van der Waals surface area contributed by atoms with E-state index < -0.39 is 5.92 Å². The van der Waals surface area contributed by atoms with Crippen molar-refractivity contribution in [3.05, 3.63) is 35.4 Å². The summed E-state index contributed by atoms with van der Waals surface area (Å²) in [7, 11) is 4.73. The Hall–Kier alpha value is -3.22. The number of fused-ring (bicyclic) bond motifs is 1. The molecule has 0 fully saturated rings. The average molecular weight is 484 g/mol. The van der Waals surface area contributed by atoms with E-state index in [0.29, 0.717) is 46.4 Å². The molecule has 1 amide bonds. The molecule has 0 radical (unpaired) electrons. The van der Waals surface area contributed by atoms with E-state index in [1.165, 1.54) is 0 Å². The van der Waals surface area contributed by atoms with Crippen LogP contribution in [-0.4, -0.2) is 33.0 Å². The van der Waals surface area contributed by atoms with Gasteiger partial charge in [0.25, 0.3) is 0 Å². The van der Waals surface area contributed by atoms with Crippen molar-refractivity contribution in [1.82, 2.24) is 0 Å². The number of carbonyl (C=O) groups excluding carboxylic acids is 2. The van der Waals surface area contributed by atoms with Crippen LogP contribution in [0.3, 0.4) is 0 Å². The SMILES string of the molecule is CCCCCc1cc(OC)cc(OC)c1Oc1cc(OC)cc2c1NC(=O)C(CCCCC)C2=O. The molecule has 0 bridgehead atoms. The van der Waals surface area contributed by atoms with Gasteiger partial charge in [-0.05, 0) is 31.4 Å². The number of hydrogen-bond acceptors (Lipinski definition) is 6. The summed E-state index contributed by atoms with van der Waals surface area (Å²) in [6.45, 7) is 4.25. The van der Waals surface area contributed by atoms with E-state index in [1.54, 1.807) is 39.5 Å². The normalized spacial score (nSPS) is 14.8. The first-order valence-electron chi connectivity index (χ1n) is 12.5. The number of unbranched alkanes of at least 4 members (excludes halogenated alkanes) is 4. The molecule has 1 heterocycles. The number of ether oxygens (including phenoxy) is 4. The van der Waals surface area contributed by atoms with Crippen LogP contribution in [0, 0.1) is 5.92 Å². The van der Waals surface area contributed by atoms with Crippen LogP contribution in [0.1, 0.15) is 74.7 Å². The summed E-state index contributed by atoms with van der Waals surface area (Å²) in [6, 6.07) is 7.06. The van der Waals surface area contributed by atoms with Gasteiger partial charge in [-0.15, -0.1) is 0 Å². The monoisotopic (exact) mass is 483 g/mol. The third-order valence-electron chi connectivity index (χ3n) is 6.38. The maximum absolute atomic E-state index is 13.3. The van der Waals surface area contributed by atoms with Crippen molar-refractivity contribution in [3.63, 3.8) is 0 Å². The van der Waals surface area contributed by atoms with Crippen LogP contribution in [0.15, 0.2) is 24.3 Å². The molecule has 1 atom stereocenters. The van der Waals surface area contributed by atoms with Gasteiger partial charge in [0.15, 0.2) is 23.0 Å². The van der Waals surface area contributed by atoms with Gasteiger partial charge in [0, 0.05) is 23.3 Å². The van der Waals surface area contributed by atoms with Crippen molar-refractivity contribution in [1.29, 1.82) is 0 Å². The summed E-state index contributed by atoms with van der Waals surface area (Å²) in [6.07, 6.45) is 7.28. The molecular weight excluding hydrogens is 446 g/mol. The van der Waals surface area contributed by atoms with Gasteiger partial charge >= 0.3 is 0 Å². The smallest absolute Gasteiger partial charge is 0.235 e. The van der Waals surface area contributed by atoms with E-state index in [2.05, 4.69) is 19.2 Å². The molecule has 2 aromatic carbocycles. The van der Waals surface area contributed by atoms with Crippen molar-refractivity contribution in [2.75, 3.05) is 26.6 Å². The topological polar surface area (TPSA) is 83.1 Å². The largest absolute Gasteiger partial charge is 0.497 e. The van der Waals surface area contributed by atoms with Gasteiger partial charge in [0.2, 0.25) is 5.91 Å². The van der Waals surface area contributed by atoms with E-state index in [9.17, 15) is 9.59 Å². The molecule has 0 saturated heterocycles. The van der Waals surface area contributed by atoms with Crippen LogP contribution in [0.4, 0.5) is 5.69 Å². The molecule has 35 heavy (non-hydrogen) atoms. The van der Waals surface area contributed by atoms with Gasteiger partial charge in [0.1, 0.15) is 17.4 Å². The van der Waals surface area contributed by atoms with Gasteiger partial charge < -0.3 is 24.3 Å². The molecule has 0 aliphatic carbocycles. The summed E-state index contributed by atoms with van der Waals surface area (Å²) in [5.74, 6) is 1.35. The van der Waals surface area contributed by atoms with Gasteiger partial charge in [-0.2, -0.15) is 0 Å². The van der Waals surface area contributed by atoms with Gasteiger partial charge in [-0.3, -0.25) is 9.59 Å². The first kappa shape index (κ1) is 26.4. The van der Waals surface area contributed by atoms with Gasteiger partial charge in [-0.25, -0.2) is 0 Å². The van der Waals surface area contributed by atoms with Gasteiger partial charge in [0.05, 0.1) is 27.0 Å². The summed E-state index contributed by atoms with van der Waals surface area (Å²) in [5.41, 5.74) is 1.70. The Morgan fingerprint density at radius 2 is 1.46 bits per heavy atom. The van der Waals surface area contributed by atoms with Gasteiger partial charge in [-0.1, -0.05) is 46.0 Å². The lowest BCUT2D eigenvalue weighted by Crippen LogP contribution is -2.35. The van der Waals surface area contributed by atoms with E-state index in [0.717, 1.165) is 50.5 Å². The zero-order chi connectivity index (χ0) is 25.4. The Bertz CT molecular complexity index is 1050. The number of ketones is 1. The molecule has 1 aliphatic heterocycles. The van der Waals surface area contributed by atoms with E-state index in [1.807, 2.05) is 6.07 Å². The van der Waals surface area contributed by atoms with Crippen LogP contribution < -0.4 is 24.3 Å². The lowest BCUT2D eigenvalue weighted by molar-refractivity contribution is -0.119. The highest BCUT2D eigenvalue weighted by Crippen LogP contribution is 2.45. The van der Waals surface area contributed by atoms with E-state index in [4.69, 9.17) is 18.9 Å². The highest BCUT2D eigenvalue weighted by atomic mass is 16.5. The molecule has 0 aromatic heterocycles. The fourth-order valence-electron chi connectivity index (χ4n) is 4.37. The fraction of sp³-hybridized carbons (Fsp3) is 0.500. The quantitative estimate of drug-likeness (QED) is 0.256. The zero-order valence-electron chi connectivity index (χ0n) is 21.5. The minimum absolute atomic E-state index is 0.200. The highest BCUT2D eigenvalue weighted by molar-refractivity contribution is 6.21. The molecule has 1 N–H and O–H groups in total. The van der Waals surface area contributed by atoms with Crippen LogP contribution >= 0.6 is 0 Å². The Kier molecular flexibility index (Phi) is 9.40. The zero-order valence-corrected chi connectivity index (χ0v) is 21.5. The molecule has 7 heteroatoms. The predicted octanol–water partition coefficient (Wildman–Crippen LogP) is 6.57. The molecular formula is C28H37NO6. The third kappa shape index (κ3) is 6.08. The molecule has 0 saturated carbocycles. The van der Waals surface area contributed by atoms with Crippen molar-refractivity contribution < 1.29 is 28.5 Å². The average Bonchev–Trinajstić information content (AvgIpc) is 2.87. The Balaban J connectivity index is 2.04. The van der Waals surface area contributed by atoms with Crippen LogP contribution in [0.2, 0.25) is 0 Å². The number of benzene rings is 2. The number of nitrogens with one attached hydrogen (secondary N) is 1. The molecule has 0 spiro atoms. The molecule has 3 rings (SSSR count). The predicted molar refractivity (Wildman–Crippen MR) is 136 cm³/mol. The minimum Gasteiger partial charge on any atom is -0.497 e. The standard InChI is InChI=1S/C28H37NO6/c1-6-8-10-12-18-14-19(32-3)17-24(34-5)27(18)35-23-16-20(33-4)15-22-25(23)29-28(31)21(26(22)30)13-11-9-7-2/h14-17,21H,6-13H2,1-5H3,(H,29,31). The number of rotatable bonds is 13. The first-order valence-corrected chi connectivity index (χ1v) is 12.5. The summed E-state index contributed by atoms with van der Waals surface area (Å²) in [4.78, 5) is 26.2. The second kappa shape index (κ2) is 12.5. The fourth-order valence-corrected chi connectivity index (χ4v) is 4.37. The lowest BCUT2D eigenvalue weighted by atomic mass is 9.87. The number of Topliss-reactive ketones (excluding diaryl/α,β-unsaturated/α-hetero) is 1. The molecule has 1 unspecified atom stereocenters. The number of aryl methyl sites for hydroxylation is 1. The van der Waals surface area contributed by atoms with Crippen molar-refractivity contribution in [2.24, 2.45) is 5.92 Å². The van der Waals surface area contributed by atoms with Crippen LogP contribution in [0.5, 0.6) is 28.7 Å². The lowest BCUT2D eigenvalue weighted by Gasteiger charge is -2.26. The molecule has 2 aromatic rings. The van der Waals surface area contributed by atoms with Crippen LogP contribution in [-0.2, 0) is 11.2 Å². The number of carbonyl (C=O) groups is 2. The second-order valence-electron chi connectivity index (χ2n) is 8.83. The maximum Gasteiger partial charge on any atom is 0.235 e. The van der Waals surface area contributed by atoms with E-state index >= 15 is 0 Å². The third-order valence-corrected chi connectivity index (χ3v) is 6.38. The Morgan fingerprint density at radius 1 is 0.800 bits per heavy atom. The molecule has 190 valence electrons. The highest BCUT2D eigenvalue weighted by Gasteiger charge is 2.36. The molecule has 1 aliphatic rings. The summed E-state index contributed by atoms with van der Waals surface area (Å²) in [5, 5.41) is 2.93. The number of hydrogen-bond donors (Lipinski definition) is 1. The number of amides is 1. The van der Waals surface area contributed by atoms with E-state index in [-0.39, 0.29) is 11.7 Å². The molecule has 7 nitrogen and oxygen atoms in total. The van der Waals surface area contributed by atoms with Crippen molar-refractivity contribution in [2.45, 2.75) is 65.2 Å².